The van der Waals surface area contributed by atoms with Gasteiger partial charge in [-0.05, 0) is 0 Å². The van der Waals surface area contributed by atoms with Gasteiger partial charge in [-0.1, -0.05) is 0 Å². The summed E-state index contributed by atoms with van der Waals surface area (Å²) in [5.74, 6) is 0. The Labute approximate surface area is 102 Å². The van der Waals surface area contributed by atoms with E-state index in [1.165, 1.54) is 0 Å². The molecular formula is C13H18N2Sn. The molecule has 16 heavy (non-hydrogen) atoms. The molecule has 0 radical (unpaired) electrons. The van der Waals surface area contributed by atoms with Crippen molar-refractivity contribution in [2.45, 2.75) is 13.3 Å². The van der Waals surface area contributed by atoms with Crippen molar-refractivity contribution in [2.75, 3.05) is 0 Å². The van der Waals surface area contributed by atoms with Gasteiger partial charge in [0.2, 0.25) is 0 Å². The van der Waals surface area contributed by atoms with Crippen molar-refractivity contribution in [1.29, 1.82) is 0 Å². The zero-order chi connectivity index (χ0) is 11.9. The van der Waals surface area contributed by atoms with Crippen LogP contribution < -0.4 is 3.84 Å². The van der Waals surface area contributed by atoms with Crippen molar-refractivity contribution >= 4 is 22.2 Å². The van der Waals surface area contributed by atoms with Gasteiger partial charge in [0.05, 0.1) is 0 Å². The van der Waals surface area contributed by atoms with Crippen LogP contribution in [-0.2, 0) is 0 Å². The van der Waals surface area contributed by atoms with Crippen molar-refractivity contribution in [2.24, 2.45) is 0 Å². The third-order valence-corrected chi connectivity index (χ3v) is 15.3. The molecule has 0 aliphatic rings. The number of hydrogen-bond donors (Lipinski definition) is 0. The van der Waals surface area contributed by atoms with Gasteiger partial charge in [-0.2, -0.15) is 0 Å². The van der Waals surface area contributed by atoms with Crippen molar-refractivity contribution in [1.82, 2.24) is 9.97 Å². The maximum absolute atomic E-state index is 4.45. The van der Waals surface area contributed by atoms with Gasteiger partial charge >= 0.3 is 102 Å². The van der Waals surface area contributed by atoms with Crippen LogP contribution in [-0.4, -0.2) is 28.3 Å². The van der Waals surface area contributed by atoms with Crippen LogP contribution in [0.5, 0.6) is 0 Å². The molecule has 84 valence electrons. The maximum atomic E-state index is 4.45. The molecule has 0 aromatic carbocycles. The summed E-state index contributed by atoms with van der Waals surface area (Å²) in [7, 11) is 0. The predicted octanol–water partition coefficient (Wildman–Crippen LogP) is 2.69. The molecule has 0 spiro atoms. The molecule has 0 aliphatic heterocycles. The molecule has 0 unspecified atom stereocenters. The van der Waals surface area contributed by atoms with Crippen LogP contribution in [0.3, 0.4) is 0 Å². The number of nitrogens with zero attached hydrogens (tertiary/aromatic N) is 2. The fourth-order valence-corrected chi connectivity index (χ4v) is 11.6. The molecule has 1 rings (SSSR count). The van der Waals surface area contributed by atoms with Crippen molar-refractivity contribution < 1.29 is 0 Å². The van der Waals surface area contributed by atoms with Gasteiger partial charge < -0.3 is 0 Å². The van der Waals surface area contributed by atoms with E-state index in [4.69, 9.17) is 0 Å². The number of allylic oxidation sites excluding steroid dienone is 3. The zero-order valence-electron chi connectivity index (χ0n) is 9.60. The first kappa shape index (κ1) is 13.2. The number of aromatic nitrogens is 2. The normalized spacial score (nSPS) is 10.8. The van der Waals surface area contributed by atoms with Gasteiger partial charge in [0, 0.05) is 0 Å². The topological polar surface area (TPSA) is 25.8 Å². The van der Waals surface area contributed by atoms with E-state index in [1.807, 2.05) is 36.7 Å². The molecule has 0 aliphatic carbocycles. The van der Waals surface area contributed by atoms with E-state index in [1.54, 1.807) is 0 Å². The van der Waals surface area contributed by atoms with Gasteiger partial charge in [-0.3, -0.25) is 0 Å². The zero-order valence-corrected chi connectivity index (χ0v) is 12.5. The number of hydrogen-bond acceptors (Lipinski definition) is 2. The minimum atomic E-state index is -2.58. The molecular weight excluding hydrogens is 303 g/mol. The Bertz CT molecular complexity index is 333. The molecule has 0 amide bonds. The molecule has 0 fully saturated rings. The van der Waals surface area contributed by atoms with Gasteiger partial charge in [0.25, 0.3) is 0 Å². The second-order valence-corrected chi connectivity index (χ2v) is 15.9. The fourth-order valence-electron chi connectivity index (χ4n) is 1.93. The minimum absolute atomic E-state index is 1.04. The van der Waals surface area contributed by atoms with Crippen LogP contribution in [0.4, 0.5) is 0 Å². The Hall–Kier alpha value is -0.901. The van der Waals surface area contributed by atoms with Gasteiger partial charge in [-0.15, -0.1) is 0 Å². The third kappa shape index (κ3) is 3.04. The first-order valence-corrected chi connectivity index (χ1v) is 12.9. The Kier molecular flexibility index (Phi) is 5.46. The summed E-state index contributed by atoms with van der Waals surface area (Å²) in [5.41, 5.74) is 0. The van der Waals surface area contributed by atoms with Crippen LogP contribution in [0.2, 0.25) is 13.3 Å². The molecule has 3 heteroatoms. The SMILES string of the molecule is C=C[CH2][Sn]([CH2]C=C)([CH2]C=C)[c]1ncccn1. The number of rotatable bonds is 7. The van der Waals surface area contributed by atoms with E-state index in [0.717, 1.165) is 17.2 Å². The van der Waals surface area contributed by atoms with Crippen molar-refractivity contribution in [3.05, 3.63) is 56.4 Å². The second-order valence-electron chi connectivity index (χ2n) is 3.83. The molecule has 1 aromatic rings. The standard InChI is InChI=1S/C4H3N2.3C3H5.Sn/c1-2-5-4-6-3-1;3*1-3-2;/h1-3H;3*3H,1-2H2;. The molecule has 0 bridgehead atoms. The van der Waals surface area contributed by atoms with Gasteiger partial charge in [0.15, 0.2) is 0 Å². The van der Waals surface area contributed by atoms with Crippen molar-refractivity contribution in [3.63, 3.8) is 0 Å². The summed E-state index contributed by atoms with van der Waals surface area (Å²) in [6, 6.07) is 1.86. The van der Waals surface area contributed by atoms with E-state index in [2.05, 4.69) is 29.7 Å². The Morgan fingerprint density at radius 2 is 1.38 bits per heavy atom. The summed E-state index contributed by atoms with van der Waals surface area (Å²) in [6.45, 7) is 11.6. The first-order valence-electron chi connectivity index (χ1n) is 5.39. The van der Waals surface area contributed by atoms with E-state index < -0.39 is 18.4 Å². The van der Waals surface area contributed by atoms with Gasteiger partial charge in [0.1, 0.15) is 0 Å². The predicted molar refractivity (Wildman–Crippen MR) is 72.4 cm³/mol. The monoisotopic (exact) mass is 322 g/mol. The first-order chi connectivity index (χ1) is 7.79. The van der Waals surface area contributed by atoms with Gasteiger partial charge in [-0.25, -0.2) is 0 Å². The quantitative estimate of drug-likeness (QED) is 0.570. The fraction of sp³-hybridized carbons (Fsp3) is 0.231. The molecule has 0 saturated heterocycles. The van der Waals surface area contributed by atoms with E-state index in [0.29, 0.717) is 0 Å². The summed E-state index contributed by atoms with van der Waals surface area (Å²) in [6.07, 6.45) is 9.64. The van der Waals surface area contributed by atoms with Crippen LogP contribution in [0.25, 0.3) is 0 Å². The molecule has 0 N–H and O–H groups in total. The van der Waals surface area contributed by atoms with Crippen LogP contribution in [0.1, 0.15) is 0 Å². The van der Waals surface area contributed by atoms with Crippen LogP contribution >= 0.6 is 0 Å². The van der Waals surface area contributed by atoms with E-state index >= 15 is 0 Å². The second kappa shape index (κ2) is 6.63. The Morgan fingerprint density at radius 1 is 0.938 bits per heavy atom. The van der Waals surface area contributed by atoms with E-state index in [-0.39, 0.29) is 0 Å². The average Bonchev–Trinajstić information content (AvgIpc) is 2.31. The molecule has 0 saturated carbocycles. The Balaban J connectivity index is 3.13. The van der Waals surface area contributed by atoms with Crippen LogP contribution in [0, 0.1) is 0 Å². The summed E-state index contributed by atoms with van der Waals surface area (Å²) in [5, 5.41) is 0. The van der Waals surface area contributed by atoms with Crippen molar-refractivity contribution in [3.8, 4) is 0 Å². The summed E-state index contributed by atoms with van der Waals surface area (Å²) in [4.78, 5) is 8.89. The third-order valence-electron chi connectivity index (χ3n) is 2.65. The molecule has 1 heterocycles. The summed E-state index contributed by atoms with van der Waals surface area (Å²) < 4.78 is 4.17. The average molecular weight is 321 g/mol. The Morgan fingerprint density at radius 3 is 1.75 bits per heavy atom. The molecule has 2 nitrogen and oxygen atoms in total. The van der Waals surface area contributed by atoms with Crippen LogP contribution in [0.15, 0.2) is 56.4 Å². The molecule has 1 aromatic heterocycles. The summed E-state index contributed by atoms with van der Waals surface area (Å²) >= 11 is -2.58. The van der Waals surface area contributed by atoms with E-state index in [9.17, 15) is 0 Å². The molecule has 0 atom stereocenters.